The molecule has 23 heavy (non-hydrogen) atoms. The summed E-state index contributed by atoms with van der Waals surface area (Å²) in [6.45, 7) is 5.07. The van der Waals surface area contributed by atoms with E-state index < -0.39 is 47.7 Å². The highest BCUT2D eigenvalue weighted by Gasteiger charge is 2.51. The third kappa shape index (κ3) is 2.86. The molecule has 0 aromatic carbocycles. The predicted molar refractivity (Wildman–Crippen MR) is 76.9 cm³/mol. The maximum absolute atomic E-state index is 12.0. The lowest BCUT2D eigenvalue weighted by molar-refractivity contribution is -0.365. The second kappa shape index (κ2) is 5.53. The number of aliphatic hydroxyl groups excluding tert-OH is 2. The molecule has 1 aromatic rings. The Kier molecular flexibility index (Phi) is 3.93. The fraction of sp³-hybridized carbons (Fsp3) is 0.714. The Morgan fingerprint density at radius 3 is 2.70 bits per heavy atom. The Balaban J connectivity index is 1.93. The van der Waals surface area contributed by atoms with E-state index in [4.69, 9.17) is 14.2 Å². The fourth-order valence-electron chi connectivity index (χ4n) is 2.85. The second-order valence-electron chi connectivity index (χ2n) is 6.32. The summed E-state index contributed by atoms with van der Waals surface area (Å²) in [5.41, 5.74) is -0.955. The van der Waals surface area contributed by atoms with Crippen molar-refractivity contribution < 1.29 is 24.4 Å². The third-order valence-electron chi connectivity index (χ3n) is 4.09. The lowest BCUT2D eigenvalue weighted by Crippen LogP contribution is -2.63. The molecular formula is C14H20N2O7. The first-order valence-electron chi connectivity index (χ1n) is 7.35. The standard InChI is InChI=1S/C14H20N2O7/c1-6-4-16(13(20)15-11(6)19)12-9(18)8(17)10-7(22-12)5-21-14(2,3)23-10/h4,7-10,12,17-18H,5H2,1-3H3,(H,15,19,20)/t7-,8-,9-,10-,12-/m1/s1. The van der Waals surface area contributed by atoms with Gasteiger partial charge in [-0.1, -0.05) is 0 Å². The highest BCUT2D eigenvalue weighted by Crippen LogP contribution is 2.35. The van der Waals surface area contributed by atoms with Crippen LogP contribution in [0.1, 0.15) is 25.6 Å². The molecule has 2 aliphatic rings. The van der Waals surface area contributed by atoms with Crippen molar-refractivity contribution in [3.63, 3.8) is 0 Å². The number of nitrogens with one attached hydrogen (secondary N) is 1. The van der Waals surface area contributed by atoms with E-state index in [0.29, 0.717) is 0 Å². The topological polar surface area (TPSA) is 123 Å². The lowest BCUT2D eigenvalue weighted by Gasteiger charge is -2.48. The van der Waals surface area contributed by atoms with E-state index in [2.05, 4.69) is 4.98 Å². The highest BCUT2D eigenvalue weighted by atomic mass is 16.7. The van der Waals surface area contributed by atoms with Crippen molar-refractivity contribution >= 4 is 0 Å². The molecule has 0 radical (unpaired) electrons. The van der Waals surface area contributed by atoms with E-state index in [9.17, 15) is 19.8 Å². The zero-order valence-corrected chi connectivity index (χ0v) is 13.1. The molecule has 0 spiro atoms. The Morgan fingerprint density at radius 2 is 2.00 bits per heavy atom. The third-order valence-corrected chi connectivity index (χ3v) is 4.09. The summed E-state index contributed by atoms with van der Waals surface area (Å²) < 4.78 is 17.9. The molecular weight excluding hydrogens is 308 g/mol. The minimum atomic E-state index is -1.40. The smallest absolute Gasteiger partial charge is 0.330 e. The Hall–Kier alpha value is -1.52. The molecule has 3 N–H and O–H groups in total. The average Bonchev–Trinajstić information content (AvgIpc) is 2.47. The minimum absolute atomic E-state index is 0.148. The number of aliphatic hydroxyl groups is 2. The number of aromatic nitrogens is 2. The van der Waals surface area contributed by atoms with Crippen molar-refractivity contribution in [2.24, 2.45) is 0 Å². The molecule has 9 nitrogen and oxygen atoms in total. The molecule has 2 fully saturated rings. The molecule has 1 aromatic heterocycles. The zero-order valence-electron chi connectivity index (χ0n) is 13.1. The number of fused-ring (bicyclic) bond motifs is 1. The molecule has 0 unspecified atom stereocenters. The number of ether oxygens (including phenoxy) is 3. The first-order valence-corrected chi connectivity index (χ1v) is 7.35. The maximum Gasteiger partial charge on any atom is 0.330 e. The summed E-state index contributed by atoms with van der Waals surface area (Å²) in [6, 6.07) is 0. The van der Waals surface area contributed by atoms with Crippen molar-refractivity contribution in [2.45, 2.75) is 57.2 Å². The largest absolute Gasteiger partial charge is 0.387 e. The average molecular weight is 328 g/mol. The van der Waals surface area contributed by atoms with Crippen LogP contribution in [0.3, 0.4) is 0 Å². The van der Waals surface area contributed by atoms with Crippen LogP contribution in [0.25, 0.3) is 0 Å². The number of nitrogens with zero attached hydrogens (tertiary/aromatic N) is 1. The number of H-pyrrole nitrogens is 1. The van der Waals surface area contributed by atoms with Crippen LogP contribution in [0.5, 0.6) is 0 Å². The van der Waals surface area contributed by atoms with Gasteiger partial charge in [-0.2, -0.15) is 0 Å². The number of hydrogen-bond donors (Lipinski definition) is 3. The van der Waals surface area contributed by atoms with Gasteiger partial charge in [0.25, 0.3) is 5.56 Å². The van der Waals surface area contributed by atoms with E-state index in [1.807, 2.05) is 0 Å². The van der Waals surface area contributed by atoms with Crippen LogP contribution in [0, 0.1) is 6.92 Å². The maximum atomic E-state index is 12.0. The van der Waals surface area contributed by atoms with Crippen LogP contribution < -0.4 is 11.2 Å². The molecule has 0 amide bonds. The van der Waals surface area contributed by atoms with Crippen LogP contribution in [-0.4, -0.2) is 56.6 Å². The van der Waals surface area contributed by atoms with Crippen molar-refractivity contribution in [1.82, 2.24) is 9.55 Å². The summed E-state index contributed by atoms with van der Waals surface area (Å²) in [4.78, 5) is 25.6. The van der Waals surface area contributed by atoms with E-state index >= 15 is 0 Å². The van der Waals surface area contributed by atoms with Crippen molar-refractivity contribution in [2.75, 3.05) is 6.61 Å². The molecule has 2 saturated heterocycles. The molecule has 128 valence electrons. The van der Waals surface area contributed by atoms with Gasteiger partial charge in [-0.15, -0.1) is 0 Å². The van der Waals surface area contributed by atoms with Gasteiger partial charge in [-0.05, 0) is 20.8 Å². The van der Waals surface area contributed by atoms with Crippen LogP contribution in [0.4, 0.5) is 0 Å². The number of rotatable bonds is 1. The quantitative estimate of drug-likeness (QED) is 0.580. The van der Waals surface area contributed by atoms with E-state index in [1.165, 1.54) is 13.1 Å². The summed E-state index contributed by atoms with van der Waals surface area (Å²) in [5.74, 6) is -0.899. The Labute approximate surface area is 131 Å². The molecule has 0 saturated carbocycles. The van der Waals surface area contributed by atoms with Gasteiger partial charge < -0.3 is 24.4 Å². The molecule has 2 aliphatic heterocycles. The van der Waals surface area contributed by atoms with Gasteiger partial charge in [0.05, 0.1) is 6.61 Å². The Morgan fingerprint density at radius 1 is 1.30 bits per heavy atom. The summed E-state index contributed by atoms with van der Waals surface area (Å²) in [6.07, 6.45) is -3.94. The second-order valence-corrected chi connectivity index (χ2v) is 6.32. The first kappa shape index (κ1) is 16.3. The van der Waals surface area contributed by atoms with Crippen molar-refractivity contribution in [3.8, 4) is 0 Å². The predicted octanol–water partition coefficient (Wildman–Crippen LogP) is -1.38. The van der Waals surface area contributed by atoms with Crippen LogP contribution in [0.2, 0.25) is 0 Å². The highest BCUT2D eigenvalue weighted by molar-refractivity contribution is 5.03. The van der Waals surface area contributed by atoms with Gasteiger partial charge in [0, 0.05) is 11.8 Å². The zero-order chi connectivity index (χ0) is 16.9. The van der Waals surface area contributed by atoms with E-state index in [-0.39, 0.29) is 12.2 Å². The molecule has 3 heterocycles. The summed E-state index contributed by atoms with van der Waals surface area (Å²) in [5, 5.41) is 20.7. The minimum Gasteiger partial charge on any atom is -0.387 e. The SMILES string of the molecule is Cc1cn([C@@H]2O[C@@H]3COC(C)(C)O[C@H]3[C@H](O)[C@H]2O)c(=O)[nH]c1=O. The van der Waals surface area contributed by atoms with Gasteiger partial charge >= 0.3 is 5.69 Å². The van der Waals surface area contributed by atoms with E-state index in [1.54, 1.807) is 13.8 Å². The van der Waals surface area contributed by atoms with Crippen LogP contribution >= 0.6 is 0 Å². The van der Waals surface area contributed by atoms with Gasteiger partial charge in [0.1, 0.15) is 24.4 Å². The van der Waals surface area contributed by atoms with Crippen molar-refractivity contribution in [3.05, 3.63) is 32.6 Å². The first-order chi connectivity index (χ1) is 10.7. The molecule has 9 heteroatoms. The summed E-state index contributed by atoms with van der Waals surface area (Å²) in [7, 11) is 0. The van der Waals surface area contributed by atoms with Crippen LogP contribution in [-0.2, 0) is 14.2 Å². The Bertz CT molecular complexity index is 708. The normalized spacial score (nSPS) is 36.5. The molecule has 0 aliphatic carbocycles. The van der Waals surface area contributed by atoms with Crippen LogP contribution in [0.15, 0.2) is 15.8 Å². The molecule has 0 bridgehead atoms. The number of aryl methyl sites for hydroxylation is 1. The number of hydrogen-bond acceptors (Lipinski definition) is 7. The molecule has 3 rings (SSSR count). The lowest BCUT2D eigenvalue weighted by atomic mass is 9.96. The summed E-state index contributed by atoms with van der Waals surface area (Å²) >= 11 is 0. The van der Waals surface area contributed by atoms with Crippen molar-refractivity contribution in [1.29, 1.82) is 0 Å². The fourth-order valence-corrected chi connectivity index (χ4v) is 2.85. The van der Waals surface area contributed by atoms with Gasteiger partial charge in [-0.25, -0.2) is 4.79 Å². The van der Waals surface area contributed by atoms with Gasteiger partial charge in [0.15, 0.2) is 12.0 Å². The number of aromatic amines is 1. The van der Waals surface area contributed by atoms with Gasteiger partial charge in [0.2, 0.25) is 0 Å². The van der Waals surface area contributed by atoms with E-state index in [0.717, 1.165) is 4.57 Å². The monoisotopic (exact) mass is 328 g/mol. The molecule has 5 atom stereocenters. The van der Waals surface area contributed by atoms with Gasteiger partial charge in [-0.3, -0.25) is 14.3 Å².